The summed E-state index contributed by atoms with van der Waals surface area (Å²) in [4.78, 5) is 43.7. The van der Waals surface area contributed by atoms with Crippen LogP contribution in [0.1, 0.15) is 25.3 Å². The summed E-state index contributed by atoms with van der Waals surface area (Å²) in [6, 6.07) is 0.359. The van der Waals surface area contributed by atoms with Crippen LogP contribution in [0.25, 0.3) is 0 Å². The molecule has 0 aromatic carbocycles. The summed E-state index contributed by atoms with van der Waals surface area (Å²) < 4.78 is 0. The maximum atomic E-state index is 12.4. The predicted octanol–water partition coefficient (Wildman–Crippen LogP) is -0.206. The molecule has 0 aliphatic carbocycles. The van der Waals surface area contributed by atoms with Gasteiger partial charge in [0.05, 0.1) is 6.42 Å². The first-order valence-electron chi connectivity index (χ1n) is 7.67. The Labute approximate surface area is 129 Å². The van der Waals surface area contributed by atoms with E-state index in [0.717, 1.165) is 19.4 Å². The summed E-state index contributed by atoms with van der Waals surface area (Å²) in [5.74, 6) is 0.404. The van der Waals surface area contributed by atoms with Crippen molar-refractivity contribution in [2.75, 3.05) is 27.2 Å². The third kappa shape index (κ3) is 3.65. The lowest BCUT2D eigenvalue weighted by Gasteiger charge is -2.24. The van der Waals surface area contributed by atoms with E-state index in [-0.39, 0.29) is 12.3 Å². The lowest BCUT2D eigenvalue weighted by Crippen LogP contribution is -2.37. The van der Waals surface area contributed by atoms with Crippen LogP contribution in [0.2, 0.25) is 0 Å². The smallest absolute Gasteiger partial charge is 0.325 e. The maximum absolute atomic E-state index is 12.4. The molecule has 0 unspecified atom stereocenters. The van der Waals surface area contributed by atoms with Crippen molar-refractivity contribution in [3.05, 3.63) is 32.6 Å². The van der Waals surface area contributed by atoms with E-state index in [9.17, 15) is 14.4 Å². The molecule has 2 N–H and O–H groups in total. The van der Waals surface area contributed by atoms with Gasteiger partial charge in [0.1, 0.15) is 0 Å². The molecule has 1 amide bonds. The van der Waals surface area contributed by atoms with Gasteiger partial charge in [0.25, 0.3) is 5.56 Å². The zero-order valence-electron chi connectivity index (χ0n) is 13.4. The second-order valence-electron chi connectivity index (χ2n) is 6.15. The van der Waals surface area contributed by atoms with Crippen molar-refractivity contribution >= 4 is 5.91 Å². The molecular formula is C15H24N4O3. The number of nitrogens with zero attached hydrogens (tertiary/aromatic N) is 2. The van der Waals surface area contributed by atoms with E-state index in [2.05, 4.69) is 21.8 Å². The minimum Gasteiger partial charge on any atom is -0.340 e. The van der Waals surface area contributed by atoms with Crippen molar-refractivity contribution in [2.24, 2.45) is 5.92 Å². The molecule has 1 fully saturated rings. The van der Waals surface area contributed by atoms with Crippen molar-refractivity contribution in [1.82, 2.24) is 19.8 Å². The number of hydrogen-bond donors (Lipinski definition) is 2. The quantitative estimate of drug-likeness (QED) is 0.788. The van der Waals surface area contributed by atoms with Gasteiger partial charge in [-0.1, -0.05) is 13.3 Å². The molecule has 2 rings (SSSR count). The van der Waals surface area contributed by atoms with E-state index in [1.54, 1.807) is 0 Å². The largest absolute Gasteiger partial charge is 0.340 e. The zero-order chi connectivity index (χ0) is 16.3. The molecule has 122 valence electrons. The van der Waals surface area contributed by atoms with Crippen LogP contribution in [0.15, 0.2) is 15.8 Å². The van der Waals surface area contributed by atoms with E-state index >= 15 is 0 Å². The summed E-state index contributed by atoms with van der Waals surface area (Å²) >= 11 is 0. The topological polar surface area (TPSA) is 89.3 Å². The van der Waals surface area contributed by atoms with Gasteiger partial charge >= 0.3 is 5.69 Å². The monoisotopic (exact) mass is 308 g/mol. The normalized spacial score (nSPS) is 21.5. The predicted molar refractivity (Wildman–Crippen MR) is 83.8 cm³/mol. The fourth-order valence-corrected chi connectivity index (χ4v) is 3.14. The van der Waals surface area contributed by atoms with Crippen LogP contribution in [-0.4, -0.2) is 58.9 Å². The second kappa shape index (κ2) is 6.91. The number of likely N-dealkylation sites (tertiary alicyclic amines) is 1. The van der Waals surface area contributed by atoms with Crippen LogP contribution in [0.4, 0.5) is 0 Å². The molecule has 22 heavy (non-hydrogen) atoms. The number of nitrogens with one attached hydrogen (secondary N) is 2. The number of rotatable bonds is 5. The highest BCUT2D eigenvalue weighted by Crippen LogP contribution is 2.25. The molecule has 0 radical (unpaired) electrons. The van der Waals surface area contributed by atoms with Crippen molar-refractivity contribution < 1.29 is 4.79 Å². The van der Waals surface area contributed by atoms with E-state index in [0.29, 0.717) is 24.1 Å². The van der Waals surface area contributed by atoms with Crippen molar-refractivity contribution in [1.29, 1.82) is 0 Å². The highest BCUT2D eigenvalue weighted by molar-refractivity contribution is 5.79. The maximum Gasteiger partial charge on any atom is 0.325 e. The number of H-pyrrole nitrogens is 2. The summed E-state index contributed by atoms with van der Waals surface area (Å²) in [7, 11) is 4.07. The van der Waals surface area contributed by atoms with Crippen LogP contribution < -0.4 is 11.2 Å². The number of aromatic nitrogens is 2. The van der Waals surface area contributed by atoms with Gasteiger partial charge in [-0.25, -0.2) is 4.79 Å². The van der Waals surface area contributed by atoms with Gasteiger partial charge in [0, 0.05) is 30.9 Å². The summed E-state index contributed by atoms with van der Waals surface area (Å²) in [6.07, 6.45) is 3.52. The van der Waals surface area contributed by atoms with Gasteiger partial charge in [-0.15, -0.1) is 0 Å². The van der Waals surface area contributed by atoms with Gasteiger partial charge in [-0.3, -0.25) is 14.6 Å². The first-order valence-corrected chi connectivity index (χ1v) is 7.67. The Bertz CT molecular complexity index is 634. The summed E-state index contributed by atoms with van der Waals surface area (Å²) in [6.45, 7) is 3.57. The van der Waals surface area contributed by atoms with Crippen LogP contribution in [0.5, 0.6) is 0 Å². The van der Waals surface area contributed by atoms with Crippen molar-refractivity contribution in [3.8, 4) is 0 Å². The van der Waals surface area contributed by atoms with Gasteiger partial charge in [0.15, 0.2) is 0 Å². The molecule has 0 spiro atoms. The number of likely N-dealkylation sites (N-methyl/N-ethyl adjacent to an activating group) is 1. The van der Waals surface area contributed by atoms with Gasteiger partial charge in [-0.05, 0) is 26.4 Å². The third-order valence-electron chi connectivity index (χ3n) is 4.32. The third-order valence-corrected chi connectivity index (χ3v) is 4.32. The molecule has 1 aliphatic heterocycles. The molecule has 1 aliphatic rings. The molecule has 1 saturated heterocycles. The average Bonchev–Trinajstić information content (AvgIpc) is 2.86. The highest BCUT2D eigenvalue weighted by Gasteiger charge is 2.35. The Morgan fingerprint density at radius 2 is 2.09 bits per heavy atom. The number of aromatic amines is 2. The van der Waals surface area contributed by atoms with Gasteiger partial charge < -0.3 is 14.8 Å². The standard InChI is InChI=1S/C15H24N4O3/c1-4-5-10-8-19(9-12(10)18(2)3)13(20)6-11-7-16-15(22)17-14(11)21/h7,10,12H,4-6,8-9H2,1-3H3,(H2,16,17,21,22)/t10-,12-/m1/s1. The van der Waals surface area contributed by atoms with Gasteiger partial charge in [0.2, 0.25) is 5.91 Å². The van der Waals surface area contributed by atoms with Crippen LogP contribution in [0, 0.1) is 5.92 Å². The van der Waals surface area contributed by atoms with Crippen molar-refractivity contribution in [3.63, 3.8) is 0 Å². The molecule has 0 bridgehead atoms. The van der Waals surface area contributed by atoms with Crippen LogP contribution in [-0.2, 0) is 11.2 Å². The van der Waals surface area contributed by atoms with Crippen LogP contribution >= 0.6 is 0 Å². The number of amides is 1. The second-order valence-corrected chi connectivity index (χ2v) is 6.15. The first kappa shape index (κ1) is 16.5. The van der Waals surface area contributed by atoms with E-state index < -0.39 is 11.2 Å². The average molecular weight is 308 g/mol. The minimum absolute atomic E-state index is 0.0190. The van der Waals surface area contributed by atoms with E-state index in [4.69, 9.17) is 0 Å². The molecule has 7 heteroatoms. The number of carbonyl (C=O) groups is 1. The Kier molecular flexibility index (Phi) is 5.18. The van der Waals surface area contributed by atoms with Gasteiger partial charge in [-0.2, -0.15) is 0 Å². The molecule has 0 saturated carbocycles. The lowest BCUT2D eigenvalue weighted by atomic mass is 9.98. The fourth-order valence-electron chi connectivity index (χ4n) is 3.14. The highest BCUT2D eigenvalue weighted by atomic mass is 16.2. The van der Waals surface area contributed by atoms with Crippen LogP contribution in [0.3, 0.4) is 0 Å². The van der Waals surface area contributed by atoms with Crippen molar-refractivity contribution in [2.45, 2.75) is 32.2 Å². The molecular weight excluding hydrogens is 284 g/mol. The van der Waals surface area contributed by atoms with E-state index in [1.165, 1.54) is 6.20 Å². The Balaban J connectivity index is 2.07. The summed E-state index contributed by atoms with van der Waals surface area (Å²) in [5, 5.41) is 0. The molecule has 2 heterocycles. The molecule has 7 nitrogen and oxygen atoms in total. The molecule has 2 atom stereocenters. The SMILES string of the molecule is CCC[C@@H]1CN(C(=O)Cc2c[nH]c(=O)[nH]c2=O)C[C@H]1N(C)C. The lowest BCUT2D eigenvalue weighted by molar-refractivity contribution is -0.129. The Morgan fingerprint density at radius 1 is 1.36 bits per heavy atom. The van der Waals surface area contributed by atoms with E-state index in [1.807, 2.05) is 19.0 Å². The number of hydrogen-bond acceptors (Lipinski definition) is 4. The number of carbonyl (C=O) groups excluding carboxylic acids is 1. The Morgan fingerprint density at radius 3 is 2.68 bits per heavy atom. The summed E-state index contributed by atoms with van der Waals surface area (Å²) in [5.41, 5.74) is -0.756. The molecule has 1 aromatic heterocycles. The first-order chi connectivity index (χ1) is 10.4. The fraction of sp³-hybridized carbons (Fsp3) is 0.667. The zero-order valence-corrected chi connectivity index (χ0v) is 13.4. The molecule has 1 aromatic rings. The Hall–Kier alpha value is -1.89. The minimum atomic E-state index is -0.557.